The molecule has 2 N–H and O–H groups in total. The average molecular weight is 480 g/mol. The standard InChI is InChI=1S/C28H37N3O4/c1-21(2)19-25-26(33)31(15-6-18-32)28(27(34)29-25)13-16-30(17-14-28)20-22-9-11-24(12-10-22)35-23-7-4-3-5-8-23/h3-5,7-12,21,25,32H,6,13-20H2,1-2H3,(H,29,34). The van der Waals surface area contributed by atoms with Crippen molar-refractivity contribution in [1.29, 1.82) is 0 Å². The molecule has 1 atom stereocenters. The largest absolute Gasteiger partial charge is 0.457 e. The summed E-state index contributed by atoms with van der Waals surface area (Å²) in [6.45, 7) is 6.78. The van der Waals surface area contributed by atoms with E-state index in [1.807, 2.05) is 42.5 Å². The summed E-state index contributed by atoms with van der Waals surface area (Å²) < 4.78 is 5.88. The molecule has 0 bridgehead atoms. The van der Waals surface area contributed by atoms with E-state index < -0.39 is 11.6 Å². The Balaban J connectivity index is 1.38. The molecule has 2 aromatic rings. The summed E-state index contributed by atoms with van der Waals surface area (Å²) in [5, 5.41) is 12.4. The van der Waals surface area contributed by atoms with E-state index in [9.17, 15) is 14.7 Å². The van der Waals surface area contributed by atoms with Crippen LogP contribution in [0.2, 0.25) is 0 Å². The van der Waals surface area contributed by atoms with Gasteiger partial charge >= 0.3 is 0 Å². The zero-order chi connectivity index (χ0) is 24.8. The number of likely N-dealkylation sites (tertiary alicyclic amines) is 1. The number of nitrogens with one attached hydrogen (secondary N) is 1. The molecule has 0 radical (unpaired) electrons. The Bertz CT molecular complexity index is 985. The number of aliphatic hydroxyl groups is 1. The quantitative estimate of drug-likeness (QED) is 0.575. The van der Waals surface area contributed by atoms with Crippen LogP contribution in [-0.2, 0) is 16.1 Å². The van der Waals surface area contributed by atoms with Crippen LogP contribution in [0.5, 0.6) is 11.5 Å². The monoisotopic (exact) mass is 479 g/mol. The fourth-order valence-corrected chi connectivity index (χ4v) is 5.18. The summed E-state index contributed by atoms with van der Waals surface area (Å²) in [6.07, 6.45) is 2.31. The Morgan fingerprint density at radius 3 is 2.31 bits per heavy atom. The molecule has 2 aromatic carbocycles. The van der Waals surface area contributed by atoms with Gasteiger partial charge in [0.05, 0.1) is 0 Å². The normalized spacial score (nSPS) is 20.3. The fourth-order valence-electron chi connectivity index (χ4n) is 5.18. The number of hydrogen-bond acceptors (Lipinski definition) is 5. The van der Waals surface area contributed by atoms with Crippen molar-refractivity contribution in [1.82, 2.24) is 15.1 Å². The van der Waals surface area contributed by atoms with Crippen LogP contribution in [0, 0.1) is 5.92 Å². The van der Waals surface area contributed by atoms with Gasteiger partial charge in [0.1, 0.15) is 23.1 Å². The zero-order valence-electron chi connectivity index (χ0n) is 20.8. The number of piperazine rings is 1. The predicted octanol–water partition coefficient (Wildman–Crippen LogP) is 3.57. The van der Waals surface area contributed by atoms with Crippen LogP contribution >= 0.6 is 0 Å². The fraction of sp³-hybridized carbons (Fsp3) is 0.500. The number of para-hydroxylation sites is 1. The van der Waals surface area contributed by atoms with E-state index in [-0.39, 0.29) is 18.4 Å². The number of carbonyl (C=O) groups excluding carboxylic acids is 2. The second-order valence-corrected chi connectivity index (χ2v) is 10.1. The van der Waals surface area contributed by atoms with E-state index >= 15 is 0 Å². The van der Waals surface area contributed by atoms with Gasteiger partial charge < -0.3 is 20.1 Å². The molecule has 1 unspecified atom stereocenters. The minimum atomic E-state index is -0.816. The molecule has 0 aromatic heterocycles. The van der Waals surface area contributed by atoms with Crippen LogP contribution in [0.1, 0.15) is 45.1 Å². The Hall–Kier alpha value is -2.90. The third-order valence-corrected chi connectivity index (χ3v) is 7.05. The number of hydrogen-bond donors (Lipinski definition) is 2. The van der Waals surface area contributed by atoms with Crippen LogP contribution in [0.4, 0.5) is 0 Å². The Kier molecular flexibility index (Phi) is 8.08. The molecule has 2 heterocycles. The van der Waals surface area contributed by atoms with E-state index in [1.54, 1.807) is 4.90 Å². The lowest BCUT2D eigenvalue weighted by molar-refractivity contribution is -0.162. The number of carbonyl (C=O) groups is 2. The average Bonchev–Trinajstić information content (AvgIpc) is 2.85. The number of rotatable bonds is 9. The molecular formula is C28H37N3O4. The summed E-state index contributed by atoms with van der Waals surface area (Å²) in [6, 6.07) is 17.3. The van der Waals surface area contributed by atoms with E-state index in [0.29, 0.717) is 38.1 Å². The number of nitrogens with zero attached hydrogens (tertiary/aromatic N) is 2. The number of piperidine rings is 1. The zero-order valence-corrected chi connectivity index (χ0v) is 20.8. The molecule has 2 fully saturated rings. The molecule has 2 amide bonds. The molecule has 35 heavy (non-hydrogen) atoms. The summed E-state index contributed by atoms with van der Waals surface area (Å²) in [5.41, 5.74) is 0.364. The van der Waals surface area contributed by atoms with Crippen molar-refractivity contribution in [2.75, 3.05) is 26.2 Å². The van der Waals surface area contributed by atoms with Crippen molar-refractivity contribution >= 4 is 11.8 Å². The van der Waals surface area contributed by atoms with Crippen molar-refractivity contribution < 1.29 is 19.4 Å². The molecule has 2 saturated heterocycles. The van der Waals surface area contributed by atoms with Gasteiger partial charge in [0.25, 0.3) is 0 Å². The number of amides is 2. The van der Waals surface area contributed by atoms with Gasteiger partial charge in [-0.3, -0.25) is 14.5 Å². The Morgan fingerprint density at radius 2 is 1.69 bits per heavy atom. The van der Waals surface area contributed by atoms with E-state index in [0.717, 1.165) is 31.1 Å². The van der Waals surface area contributed by atoms with Gasteiger partial charge in [-0.2, -0.15) is 0 Å². The smallest absolute Gasteiger partial charge is 0.246 e. The lowest BCUT2D eigenvalue weighted by Gasteiger charge is -2.52. The summed E-state index contributed by atoms with van der Waals surface area (Å²) in [7, 11) is 0. The summed E-state index contributed by atoms with van der Waals surface area (Å²) >= 11 is 0. The molecule has 1 spiro atoms. The van der Waals surface area contributed by atoms with Gasteiger partial charge in [-0.05, 0) is 61.4 Å². The SMILES string of the molecule is CC(C)CC1NC(=O)C2(CCN(Cc3ccc(Oc4ccccc4)cc3)CC2)N(CCCO)C1=O. The highest BCUT2D eigenvalue weighted by atomic mass is 16.5. The first-order chi connectivity index (χ1) is 16.9. The Labute approximate surface area is 208 Å². The first-order valence-corrected chi connectivity index (χ1v) is 12.7. The van der Waals surface area contributed by atoms with Gasteiger partial charge in [-0.1, -0.05) is 44.2 Å². The summed E-state index contributed by atoms with van der Waals surface area (Å²) in [4.78, 5) is 30.8. The van der Waals surface area contributed by atoms with Crippen molar-refractivity contribution in [3.05, 3.63) is 60.2 Å². The molecule has 7 heteroatoms. The van der Waals surface area contributed by atoms with Crippen LogP contribution in [-0.4, -0.2) is 64.5 Å². The minimum Gasteiger partial charge on any atom is -0.457 e. The third kappa shape index (κ3) is 5.85. The van der Waals surface area contributed by atoms with Gasteiger partial charge in [0.15, 0.2) is 0 Å². The number of ether oxygens (including phenoxy) is 1. The molecule has 2 aliphatic heterocycles. The molecule has 0 aliphatic carbocycles. The first-order valence-electron chi connectivity index (χ1n) is 12.7. The molecule has 0 saturated carbocycles. The minimum absolute atomic E-state index is 0.00537. The second-order valence-electron chi connectivity index (χ2n) is 10.1. The van der Waals surface area contributed by atoms with Crippen molar-refractivity contribution in [2.45, 2.75) is 57.7 Å². The highest BCUT2D eigenvalue weighted by molar-refractivity contribution is 6.00. The number of aliphatic hydroxyl groups excluding tert-OH is 1. The lowest BCUT2D eigenvalue weighted by atomic mass is 9.80. The van der Waals surface area contributed by atoms with Crippen LogP contribution in [0.15, 0.2) is 54.6 Å². The van der Waals surface area contributed by atoms with Gasteiger partial charge in [-0.15, -0.1) is 0 Å². The predicted molar refractivity (Wildman–Crippen MR) is 135 cm³/mol. The van der Waals surface area contributed by atoms with Crippen LogP contribution in [0.25, 0.3) is 0 Å². The highest BCUT2D eigenvalue weighted by Crippen LogP contribution is 2.34. The summed E-state index contributed by atoms with van der Waals surface area (Å²) in [5.74, 6) is 1.87. The topological polar surface area (TPSA) is 82.1 Å². The van der Waals surface area contributed by atoms with Crippen molar-refractivity contribution in [3.63, 3.8) is 0 Å². The van der Waals surface area contributed by atoms with Gasteiger partial charge in [0, 0.05) is 32.8 Å². The maximum atomic E-state index is 13.3. The van der Waals surface area contributed by atoms with Gasteiger partial charge in [0.2, 0.25) is 11.8 Å². The lowest BCUT2D eigenvalue weighted by Crippen LogP contribution is -2.73. The van der Waals surface area contributed by atoms with Gasteiger partial charge in [-0.25, -0.2) is 0 Å². The van der Waals surface area contributed by atoms with Crippen molar-refractivity contribution in [2.24, 2.45) is 5.92 Å². The maximum Gasteiger partial charge on any atom is 0.246 e. The molecule has 2 aliphatic rings. The van der Waals surface area contributed by atoms with Crippen LogP contribution < -0.4 is 10.1 Å². The van der Waals surface area contributed by atoms with E-state index in [2.05, 4.69) is 36.2 Å². The molecule has 7 nitrogen and oxygen atoms in total. The molecule has 4 rings (SSSR count). The van der Waals surface area contributed by atoms with E-state index in [1.165, 1.54) is 5.56 Å². The third-order valence-electron chi connectivity index (χ3n) is 7.05. The number of benzene rings is 2. The van der Waals surface area contributed by atoms with Crippen molar-refractivity contribution in [3.8, 4) is 11.5 Å². The molecule has 188 valence electrons. The van der Waals surface area contributed by atoms with E-state index in [4.69, 9.17) is 4.74 Å². The maximum absolute atomic E-state index is 13.3. The second kappa shape index (κ2) is 11.2. The molecular weight excluding hydrogens is 442 g/mol. The Morgan fingerprint density at radius 1 is 1.03 bits per heavy atom. The first kappa shape index (κ1) is 25.2. The highest BCUT2D eigenvalue weighted by Gasteiger charge is 2.53. The van der Waals surface area contributed by atoms with Crippen LogP contribution in [0.3, 0.4) is 0 Å².